The summed E-state index contributed by atoms with van der Waals surface area (Å²) in [5, 5.41) is 14.7. The van der Waals surface area contributed by atoms with E-state index in [0.29, 0.717) is 6.54 Å². The van der Waals surface area contributed by atoms with E-state index in [-0.39, 0.29) is 18.4 Å². The van der Waals surface area contributed by atoms with E-state index >= 15 is 0 Å². The molecular formula is C13H22N2O3. The van der Waals surface area contributed by atoms with Crippen LogP contribution in [0.4, 0.5) is 0 Å². The average Bonchev–Trinajstić information content (AvgIpc) is 2.37. The summed E-state index contributed by atoms with van der Waals surface area (Å²) in [5.41, 5.74) is 0. The van der Waals surface area contributed by atoms with Gasteiger partial charge < -0.3 is 15.7 Å². The summed E-state index contributed by atoms with van der Waals surface area (Å²) in [6.07, 6.45) is 6.70. The highest BCUT2D eigenvalue weighted by Gasteiger charge is 2.30. The summed E-state index contributed by atoms with van der Waals surface area (Å²) in [4.78, 5) is 22.8. The third-order valence-electron chi connectivity index (χ3n) is 3.28. The minimum absolute atomic E-state index is 0.0691. The standard InChI is InChI=1S/C13H22N2O3/c1-2-8-14-9-11(16)15-12(13(17)18)10-6-4-3-5-7-10/h2,10,12,14H,1,3-9H2,(H,15,16)(H,17,18). The van der Waals surface area contributed by atoms with E-state index in [1.54, 1.807) is 6.08 Å². The monoisotopic (exact) mass is 254 g/mol. The molecule has 1 aliphatic rings. The van der Waals surface area contributed by atoms with Gasteiger partial charge in [-0.25, -0.2) is 4.79 Å². The predicted molar refractivity (Wildman–Crippen MR) is 69.2 cm³/mol. The minimum atomic E-state index is -0.932. The molecule has 0 aromatic heterocycles. The Morgan fingerprint density at radius 3 is 2.56 bits per heavy atom. The summed E-state index contributed by atoms with van der Waals surface area (Å²) in [6, 6.07) is -0.747. The molecule has 0 spiro atoms. The van der Waals surface area contributed by atoms with E-state index in [4.69, 9.17) is 0 Å². The van der Waals surface area contributed by atoms with Gasteiger partial charge in [-0.05, 0) is 18.8 Å². The fraction of sp³-hybridized carbons (Fsp3) is 0.692. The molecule has 102 valence electrons. The van der Waals surface area contributed by atoms with Gasteiger partial charge in [-0.3, -0.25) is 4.79 Å². The molecule has 5 nitrogen and oxygen atoms in total. The fourth-order valence-electron chi connectivity index (χ4n) is 2.36. The van der Waals surface area contributed by atoms with E-state index in [9.17, 15) is 14.7 Å². The van der Waals surface area contributed by atoms with Crippen LogP contribution in [-0.4, -0.2) is 36.1 Å². The lowest BCUT2D eigenvalue weighted by Gasteiger charge is -2.28. The lowest BCUT2D eigenvalue weighted by molar-refractivity contribution is -0.143. The number of hydrogen-bond acceptors (Lipinski definition) is 3. The van der Waals surface area contributed by atoms with Gasteiger partial charge in [0, 0.05) is 6.54 Å². The normalized spacial score (nSPS) is 18.0. The Hall–Kier alpha value is -1.36. The van der Waals surface area contributed by atoms with Crippen LogP contribution in [0.25, 0.3) is 0 Å². The Labute approximate surface area is 108 Å². The molecule has 1 saturated carbocycles. The highest BCUT2D eigenvalue weighted by atomic mass is 16.4. The molecule has 3 N–H and O–H groups in total. The van der Waals surface area contributed by atoms with Crippen LogP contribution in [0.2, 0.25) is 0 Å². The zero-order valence-corrected chi connectivity index (χ0v) is 10.7. The van der Waals surface area contributed by atoms with Crippen LogP contribution in [0, 0.1) is 5.92 Å². The maximum atomic E-state index is 11.6. The maximum Gasteiger partial charge on any atom is 0.326 e. The summed E-state index contributed by atoms with van der Waals surface area (Å²) in [5.74, 6) is -1.13. The number of nitrogens with one attached hydrogen (secondary N) is 2. The zero-order valence-electron chi connectivity index (χ0n) is 10.7. The van der Waals surface area contributed by atoms with Crippen LogP contribution < -0.4 is 10.6 Å². The van der Waals surface area contributed by atoms with E-state index in [1.807, 2.05) is 0 Å². The van der Waals surface area contributed by atoms with Crippen molar-refractivity contribution < 1.29 is 14.7 Å². The SMILES string of the molecule is C=CCNCC(=O)NC(C(=O)O)C1CCCCC1. The van der Waals surface area contributed by atoms with E-state index in [1.165, 1.54) is 0 Å². The molecule has 1 aliphatic carbocycles. The van der Waals surface area contributed by atoms with Gasteiger partial charge in [0.05, 0.1) is 6.54 Å². The van der Waals surface area contributed by atoms with Gasteiger partial charge in [-0.1, -0.05) is 25.3 Å². The van der Waals surface area contributed by atoms with Crippen LogP contribution in [0.15, 0.2) is 12.7 Å². The molecule has 0 aromatic rings. The first kappa shape index (κ1) is 14.7. The molecule has 0 saturated heterocycles. The van der Waals surface area contributed by atoms with Gasteiger partial charge >= 0.3 is 5.97 Å². The van der Waals surface area contributed by atoms with Crippen molar-refractivity contribution in [1.29, 1.82) is 0 Å². The minimum Gasteiger partial charge on any atom is -0.480 e. The molecule has 5 heteroatoms. The molecule has 0 bridgehead atoms. The molecule has 1 fully saturated rings. The molecule has 1 atom stereocenters. The number of carbonyl (C=O) groups is 2. The van der Waals surface area contributed by atoms with Gasteiger partial charge in [-0.2, -0.15) is 0 Å². The highest BCUT2D eigenvalue weighted by Crippen LogP contribution is 2.26. The fourth-order valence-corrected chi connectivity index (χ4v) is 2.36. The summed E-state index contributed by atoms with van der Waals surface area (Å²) in [7, 11) is 0. The molecule has 0 heterocycles. The van der Waals surface area contributed by atoms with Crippen LogP contribution >= 0.6 is 0 Å². The Bertz CT molecular complexity index is 299. The van der Waals surface area contributed by atoms with Crippen molar-refractivity contribution in [2.75, 3.05) is 13.1 Å². The van der Waals surface area contributed by atoms with Gasteiger partial charge in [0.15, 0.2) is 0 Å². The zero-order chi connectivity index (χ0) is 13.4. The van der Waals surface area contributed by atoms with Crippen molar-refractivity contribution in [3.63, 3.8) is 0 Å². The molecule has 0 aromatic carbocycles. The lowest BCUT2D eigenvalue weighted by atomic mass is 9.84. The molecule has 0 radical (unpaired) electrons. The van der Waals surface area contributed by atoms with Crippen molar-refractivity contribution in [2.45, 2.75) is 38.1 Å². The summed E-state index contributed by atoms with van der Waals surface area (Å²) < 4.78 is 0. The predicted octanol–water partition coefficient (Wildman–Crippen LogP) is 0.912. The van der Waals surface area contributed by atoms with Crippen LogP contribution in [0.1, 0.15) is 32.1 Å². The average molecular weight is 254 g/mol. The van der Waals surface area contributed by atoms with Crippen molar-refractivity contribution in [1.82, 2.24) is 10.6 Å². The largest absolute Gasteiger partial charge is 0.480 e. The Kier molecular flexibility index (Phi) is 6.43. The number of hydrogen-bond donors (Lipinski definition) is 3. The van der Waals surface area contributed by atoms with Crippen molar-refractivity contribution in [2.24, 2.45) is 5.92 Å². The van der Waals surface area contributed by atoms with Gasteiger partial charge in [0.25, 0.3) is 0 Å². The molecule has 0 aliphatic heterocycles. The van der Waals surface area contributed by atoms with E-state index in [0.717, 1.165) is 32.1 Å². The topological polar surface area (TPSA) is 78.4 Å². The number of carboxylic acid groups (broad SMARTS) is 1. The molecule has 1 rings (SSSR count). The van der Waals surface area contributed by atoms with Crippen LogP contribution in [0.5, 0.6) is 0 Å². The first-order valence-corrected chi connectivity index (χ1v) is 6.49. The molecular weight excluding hydrogens is 232 g/mol. The summed E-state index contributed by atoms with van der Waals surface area (Å²) in [6.45, 7) is 4.20. The first-order chi connectivity index (χ1) is 8.65. The number of carboxylic acids is 1. The van der Waals surface area contributed by atoms with Gasteiger partial charge in [-0.15, -0.1) is 6.58 Å². The smallest absolute Gasteiger partial charge is 0.326 e. The van der Waals surface area contributed by atoms with Gasteiger partial charge in [0.1, 0.15) is 6.04 Å². The highest BCUT2D eigenvalue weighted by molar-refractivity contribution is 5.84. The van der Waals surface area contributed by atoms with Crippen molar-refractivity contribution in [3.8, 4) is 0 Å². The van der Waals surface area contributed by atoms with E-state index in [2.05, 4.69) is 17.2 Å². The maximum absolute atomic E-state index is 11.6. The van der Waals surface area contributed by atoms with Crippen LogP contribution in [0.3, 0.4) is 0 Å². The Morgan fingerprint density at radius 2 is 2.00 bits per heavy atom. The quantitative estimate of drug-likeness (QED) is 0.466. The number of carbonyl (C=O) groups excluding carboxylic acids is 1. The second-order valence-corrected chi connectivity index (χ2v) is 4.70. The molecule has 1 amide bonds. The molecule has 1 unspecified atom stereocenters. The summed E-state index contributed by atoms with van der Waals surface area (Å²) >= 11 is 0. The van der Waals surface area contributed by atoms with Crippen LogP contribution in [-0.2, 0) is 9.59 Å². The van der Waals surface area contributed by atoms with Crippen molar-refractivity contribution in [3.05, 3.63) is 12.7 Å². The van der Waals surface area contributed by atoms with Crippen molar-refractivity contribution >= 4 is 11.9 Å². The van der Waals surface area contributed by atoms with E-state index < -0.39 is 12.0 Å². The number of rotatable bonds is 7. The lowest BCUT2D eigenvalue weighted by Crippen LogP contribution is -2.49. The Morgan fingerprint density at radius 1 is 1.33 bits per heavy atom. The third-order valence-corrected chi connectivity index (χ3v) is 3.28. The third kappa shape index (κ3) is 4.87. The Balaban J connectivity index is 2.43. The second-order valence-electron chi connectivity index (χ2n) is 4.70. The van der Waals surface area contributed by atoms with Gasteiger partial charge in [0.2, 0.25) is 5.91 Å². The first-order valence-electron chi connectivity index (χ1n) is 6.49. The second kappa shape index (κ2) is 7.87. The number of aliphatic carboxylic acids is 1. The number of amides is 1. The molecule has 18 heavy (non-hydrogen) atoms.